The van der Waals surface area contributed by atoms with E-state index in [0.717, 1.165) is 0 Å². The monoisotopic (exact) mass is 165 g/mol. The van der Waals surface area contributed by atoms with Gasteiger partial charge in [-0.25, -0.2) is 0 Å². The van der Waals surface area contributed by atoms with Crippen molar-refractivity contribution in [1.29, 1.82) is 0 Å². The maximum absolute atomic E-state index is 10.9. The molecule has 0 fully saturated rings. The van der Waals surface area contributed by atoms with Crippen molar-refractivity contribution >= 4 is 10.2 Å². The average molecular weight is 165 g/mol. The molecule has 0 rings (SSSR count). The molecule has 61 valence electrons. The first-order valence-corrected chi connectivity index (χ1v) is 4.59. The second-order valence-electron chi connectivity index (χ2n) is 1.74. The van der Waals surface area contributed by atoms with Crippen LogP contribution in [0.15, 0.2) is 0 Å². The molecule has 0 unspecified atom stereocenters. The molecule has 0 saturated carbocycles. The predicted octanol–water partition coefficient (Wildman–Crippen LogP) is -0.193. The van der Waals surface area contributed by atoms with Gasteiger partial charge < -0.3 is 0 Å². The highest BCUT2D eigenvalue weighted by Crippen LogP contribution is 1.95. The molecular formula is C5H13N2O2S. The number of hydrogen-bond donors (Lipinski definition) is 0. The Hall–Kier alpha value is -0.130. The van der Waals surface area contributed by atoms with Gasteiger partial charge in [-0.15, -0.1) is 4.72 Å². The van der Waals surface area contributed by atoms with Crippen LogP contribution in [0.3, 0.4) is 0 Å². The average Bonchev–Trinajstić information content (AvgIpc) is 1.90. The summed E-state index contributed by atoms with van der Waals surface area (Å²) < 4.78 is 26.4. The molecule has 1 radical (unpaired) electrons. The van der Waals surface area contributed by atoms with E-state index in [4.69, 9.17) is 0 Å². The minimum atomic E-state index is -3.30. The number of hydrogen-bond acceptors (Lipinski definition) is 2. The minimum absolute atomic E-state index is 0.482. The number of nitrogens with zero attached hydrogens (tertiary/aromatic N) is 2. The van der Waals surface area contributed by atoms with E-state index in [1.807, 2.05) is 0 Å². The Bertz CT molecular complexity index is 172. The van der Waals surface area contributed by atoms with Gasteiger partial charge in [0.2, 0.25) is 0 Å². The van der Waals surface area contributed by atoms with Crippen LogP contribution in [-0.4, -0.2) is 32.9 Å². The molecule has 0 bridgehead atoms. The third kappa shape index (κ3) is 2.24. The second-order valence-corrected chi connectivity index (χ2v) is 3.52. The summed E-state index contributed by atoms with van der Waals surface area (Å²) in [6.07, 6.45) is 0. The SMILES string of the molecule is CCN(CC)S(=O)(=O)[N]C. The Balaban J connectivity index is 4.28. The van der Waals surface area contributed by atoms with E-state index in [9.17, 15) is 8.42 Å². The van der Waals surface area contributed by atoms with Gasteiger partial charge in [-0.1, -0.05) is 13.8 Å². The Morgan fingerprint density at radius 3 is 1.80 bits per heavy atom. The zero-order valence-electron chi connectivity index (χ0n) is 6.53. The van der Waals surface area contributed by atoms with Crippen molar-refractivity contribution in [1.82, 2.24) is 9.03 Å². The van der Waals surface area contributed by atoms with Crippen molar-refractivity contribution in [2.45, 2.75) is 13.8 Å². The molecule has 0 N–H and O–H groups in total. The molecule has 0 aliphatic rings. The Morgan fingerprint density at radius 1 is 1.30 bits per heavy atom. The van der Waals surface area contributed by atoms with Gasteiger partial charge in [-0.2, -0.15) is 12.7 Å². The van der Waals surface area contributed by atoms with Crippen LogP contribution < -0.4 is 4.72 Å². The molecule has 0 aliphatic carbocycles. The van der Waals surface area contributed by atoms with Crippen LogP contribution in [0, 0.1) is 0 Å². The van der Waals surface area contributed by atoms with Gasteiger partial charge in [0.25, 0.3) is 10.2 Å². The predicted molar refractivity (Wildman–Crippen MR) is 39.9 cm³/mol. The van der Waals surface area contributed by atoms with Crippen LogP contribution in [0.4, 0.5) is 0 Å². The Labute approximate surface area is 62.4 Å². The third-order valence-electron chi connectivity index (χ3n) is 1.26. The van der Waals surface area contributed by atoms with E-state index in [1.54, 1.807) is 13.8 Å². The molecule has 0 aliphatic heterocycles. The quantitative estimate of drug-likeness (QED) is 0.579. The lowest BCUT2D eigenvalue weighted by atomic mass is 10.7. The highest BCUT2D eigenvalue weighted by molar-refractivity contribution is 7.87. The molecular weight excluding hydrogens is 152 g/mol. The van der Waals surface area contributed by atoms with Crippen LogP contribution in [-0.2, 0) is 10.2 Å². The maximum atomic E-state index is 10.9. The van der Waals surface area contributed by atoms with Crippen LogP contribution in [0.5, 0.6) is 0 Å². The molecule has 0 atom stereocenters. The molecule has 0 aromatic carbocycles. The third-order valence-corrected chi connectivity index (χ3v) is 2.89. The Kier molecular flexibility index (Phi) is 3.85. The first-order chi connectivity index (χ1) is 4.58. The molecule has 0 aromatic heterocycles. The highest BCUT2D eigenvalue weighted by atomic mass is 32.2. The van der Waals surface area contributed by atoms with Crippen molar-refractivity contribution in [2.75, 3.05) is 20.1 Å². The van der Waals surface area contributed by atoms with E-state index in [-0.39, 0.29) is 0 Å². The minimum Gasteiger partial charge on any atom is -0.193 e. The van der Waals surface area contributed by atoms with E-state index in [2.05, 4.69) is 4.72 Å². The summed E-state index contributed by atoms with van der Waals surface area (Å²) in [5.74, 6) is 0. The fourth-order valence-electron chi connectivity index (χ4n) is 0.665. The van der Waals surface area contributed by atoms with Crippen LogP contribution >= 0.6 is 0 Å². The summed E-state index contributed by atoms with van der Waals surface area (Å²) >= 11 is 0. The van der Waals surface area contributed by atoms with Crippen LogP contribution in [0.25, 0.3) is 0 Å². The van der Waals surface area contributed by atoms with Crippen molar-refractivity contribution in [3.8, 4) is 0 Å². The fraction of sp³-hybridized carbons (Fsp3) is 1.00. The zero-order valence-corrected chi connectivity index (χ0v) is 7.35. The summed E-state index contributed by atoms with van der Waals surface area (Å²) in [7, 11) is -2.02. The van der Waals surface area contributed by atoms with Crippen molar-refractivity contribution in [2.24, 2.45) is 0 Å². The smallest absolute Gasteiger partial charge is 0.193 e. The lowest BCUT2D eigenvalue weighted by Crippen LogP contribution is -2.35. The lowest BCUT2D eigenvalue weighted by Gasteiger charge is -2.15. The van der Waals surface area contributed by atoms with Gasteiger partial charge in [0, 0.05) is 20.1 Å². The molecule has 0 spiro atoms. The van der Waals surface area contributed by atoms with E-state index in [1.165, 1.54) is 11.4 Å². The van der Waals surface area contributed by atoms with Gasteiger partial charge >= 0.3 is 0 Å². The lowest BCUT2D eigenvalue weighted by molar-refractivity contribution is 0.438. The topological polar surface area (TPSA) is 51.5 Å². The van der Waals surface area contributed by atoms with Crippen molar-refractivity contribution in [3.05, 3.63) is 0 Å². The largest absolute Gasteiger partial charge is 0.295 e. The zero-order chi connectivity index (χ0) is 8.20. The molecule has 0 amide bonds. The molecule has 5 heteroatoms. The molecule has 0 aromatic rings. The fourth-order valence-corrected chi connectivity index (χ4v) is 1.55. The standard InChI is InChI=1S/C5H13N2O2S/c1-4-7(5-2)10(8,9)6-3/h4-5H2,1-3H3. The summed E-state index contributed by atoms with van der Waals surface area (Å²) in [4.78, 5) is 0. The summed E-state index contributed by atoms with van der Waals surface area (Å²) in [5.41, 5.74) is 0. The maximum Gasteiger partial charge on any atom is 0.295 e. The molecule has 0 saturated heterocycles. The summed E-state index contributed by atoms with van der Waals surface area (Å²) in [6, 6.07) is 0. The molecule has 10 heavy (non-hydrogen) atoms. The normalized spacial score (nSPS) is 12.4. The van der Waals surface area contributed by atoms with Crippen LogP contribution in [0.1, 0.15) is 13.8 Å². The first kappa shape index (κ1) is 9.87. The van der Waals surface area contributed by atoms with Gasteiger partial charge in [0.15, 0.2) is 0 Å². The Morgan fingerprint density at radius 2 is 1.70 bits per heavy atom. The van der Waals surface area contributed by atoms with Gasteiger partial charge in [-0.3, -0.25) is 0 Å². The van der Waals surface area contributed by atoms with Gasteiger partial charge in [0.1, 0.15) is 0 Å². The van der Waals surface area contributed by atoms with Gasteiger partial charge in [-0.05, 0) is 0 Å². The molecule has 4 nitrogen and oxygen atoms in total. The summed E-state index contributed by atoms with van der Waals surface area (Å²) in [5, 5.41) is 0. The first-order valence-electron chi connectivity index (χ1n) is 3.19. The number of rotatable bonds is 4. The van der Waals surface area contributed by atoms with E-state index < -0.39 is 10.2 Å². The van der Waals surface area contributed by atoms with E-state index >= 15 is 0 Å². The van der Waals surface area contributed by atoms with Gasteiger partial charge in [0.05, 0.1) is 0 Å². The van der Waals surface area contributed by atoms with Crippen molar-refractivity contribution < 1.29 is 8.42 Å². The van der Waals surface area contributed by atoms with E-state index in [0.29, 0.717) is 13.1 Å². The second kappa shape index (κ2) is 3.90. The van der Waals surface area contributed by atoms with Crippen LogP contribution in [0.2, 0.25) is 0 Å². The van der Waals surface area contributed by atoms with Crippen molar-refractivity contribution in [3.63, 3.8) is 0 Å². The summed E-state index contributed by atoms with van der Waals surface area (Å²) in [6.45, 7) is 4.53. The molecule has 0 heterocycles. The highest BCUT2D eigenvalue weighted by Gasteiger charge is 2.15.